The monoisotopic (exact) mass is 383 g/mol. The number of amides is 1. The van der Waals surface area contributed by atoms with Crippen LogP contribution in [-0.4, -0.2) is 28.2 Å². The molecule has 2 heterocycles. The number of aromatic nitrogens is 3. The number of ether oxygens (including phenoxy) is 1. The fourth-order valence-corrected chi connectivity index (χ4v) is 3.42. The molecule has 3 rings (SSSR count). The number of nitrogens with one attached hydrogen (secondary N) is 2. The molecule has 0 atom stereocenters. The molecular weight excluding hydrogens is 362 g/mol. The molecule has 27 heavy (non-hydrogen) atoms. The molecule has 2 N–H and O–H groups in total. The number of anilines is 3. The van der Waals surface area contributed by atoms with Crippen LogP contribution in [0.1, 0.15) is 30.5 Å². The molecule has 0 radical (unpaired) electrons. The number of thiazole rings is 1. The number of nitrogens with zero attached hydrogens (tertiary/aromatic N) is 3. The molecule has 0 fully saturated rings. The van der Waals surface area contributed by atoms with Gasteiger partial charge in [-0.3, -0.25) is 5.32 Å². The number of benzene rings is 1. The molecule has 0 unspecified atom stereocenters. The lowest BCUT2D eigenvalue weighted by atomic mass is 10.2. The second-order valence-electron chi connectivity index (χ2n) is 6.21. The molecule has 0 saturated carbocycles. The second-order valence-corrected chi connectivity index (χ2v) is 7.24. The van der Waals surface area contributed by atoms with Gasteiger partial charge in [0.05, 0.1) is 28.4 Å². The maximum absolute atomic E-state index is 11.2. The summed E-state index contributed by atoms with van der Waals surface area (Å²) in [5, 5.41) is 6.88. The van der Waals surface area contributed by atoms with Gasteiger partial charge in [-0.25, -0.2) is 19.7 Å². The van der Waals surface area contributed by atoms with Crippen LogP contribution in [-0.2, 0) is 4.74 Å². The largest absolute Gasteiger partial charge is 0.453 e. The minimum absolute atomic E-state index is 0.388. The van der Waals surface area contributed by atoms with E-state index in [9.17, 15) is 4.79 Å². The van der Waals surface area contributed by atoms with Crippen molar-refractivity contribution in [2.45, 2.75) is 26.7 Å². The quantitative estimate of drug-likeness (QED) is 0.648. The molecule has 2 aromatic heterocycles. The summed E-state index contributed by atoms with van der Waals surface area (Å²) in [5.74, 6) is 0.888. The number of carbonyl (C=O) groups excluding carboxylic acids is 1. The molecular formula is C19H21N5O2S. The van der Waals surface area contributed by atoms with E-state index in [1.807, 2.05) is 25.1 Å². The Bertz CT molecular complexity index is 938. The third kappa shape index (κ3) is 4.59. The number of methoxy groups -OCH3 is 1. The summed E-state index contributed by atoms with van der Waals surface area (Å²) in [6.45, 7) is 6.27. The highest BCUT2D eigenvalue weighted by Crippen LogP contribution is 2.32. The summed E-state index contributed by atoms with van der Waals surface area (Å²) in [6, 6.07) is 9.09. The van der Waals surface area contributed by atoms with Gasteiger partial charge in [-0.05, 0) is 37.3 Å². The van der Waals surface area contributed by atoms with Crippen molar-refractivity contribution >= 4 is 34.8 Å². The van der Waals surface area contributed by atoms with E-state index in [1.165, 1.54) is 7.11 Å². The number of carbonyl (C=O) groups is 1. The van der Waals surface area contributed by atoms with Crippen LogP contribution >= 0.6 is 11.3 Å². The summed E-state index contributed by atoms with van der Waals surface area (Å²) in [7, 11) is 1.32. The summed E-state index contributed by atoms with van der Waals surface area (Å²) < 4.78 is 4.57. The molecule has 0 spiro atoms. The molecule has 3 aromatic rings. The molecule has 7 nitrogen and oxygen atoms in total. The SMILES string of the molecule is COC(=O)Nc1ccc(Nc2nccc(-c3sc(C(C)C)nc3C)n2)cc1. The van der Waals surface area contributed by atoms with E-state index in [4.69, 9.17) is 0 Å². The van der Waals surface area contributed by atoms with Crippen LogP contribution < -0.4 is 10.6 Å². The predicted octanol–water partition coefficient (Wildman–Crippen LogP) is 4.95. The van der Waals surface area contributed by atoms with E-state index in [0.717, 1.165) is 27.0 Å². The molecule has 0 saturated heterocycles. The van der Waals surface area contributed by atoms with Crippen molar-refractivity contribution in [2.24, 2.45) is 0 Å². The Balaban J connectivity index is 1.77. The van der Waals surface area contributed by atoms with Crippen molar-refractivity contribution in [1.29, 1.82) is 0 Å². The lowest BCUT2D eigenvalue weighted by Gasteiger charge is -2.08. The molecule has 8 heteroatoms. The van der Waals surface area contributed by atoms with E-state index in [1.54, 1.807) is 29.7 Å². The smallest absolute Gasteiger partial charge is 0.411 e. The van der Waals surface area contributed by atoms with Crippen molar-refractivity contribution in [3.63, 3.8) is 0 Å². The van der Waals surface area contributed by atoms with Crippen molar-refractivity contribution in [3.05, 3.63) is 47.2 Å². The van der Waals surface area contributed by atoms with Crippen molar-refractivity contribution in [2.75, 3.05) is 17.7 Å². The van der Waals surface area contributed by atoms with Crippen LogP contribution in [0.4, 0.5) is 22.1 Å². The van der Waals surface area contributed by atoms with Gasteiger partial charge in [0.15, 0.2) is 0 Å². The Hall–Kier alpha value is -3.00. The molecule has 140 valence electrons. The Kier molecular flexibility index (Phi) is 5.66. The second kappa shape index (κ2) is 8.13. The zero-order valence-electron chi connectivity index (χ0n) is 15.6. The highest BCUT2D eigenvalue weighted by molar-refractivity contribution is 7.15. The van der Waals surface area contributed by atoms with E-state index >= 15 is 0 Å². The number of rotatable bonds is 5. The molecule has 1 amide bonds. The van der Waals surface area contributed by atoms with Gasteiger partial charge in [0.1, 0.15) is 0 Å². The van der Waals surface area contributed by atoms with Gasteiger partial charge in [-0.1, -0.05) is 13.8 Å². The van der Waals surface area contributed by atoms with Crippen molar-refractivity contribution in [1.82, 2.24) is 15.0 Å². The van der Waals surface area contributed by atoms with Gasteiger partial charge >= 0.3 is 6.09 Å². The van der Waals surface area contributed by atoms with Gasteiger partial charge in [0.2, 0.25) is 5.95 Å². The molecule has 0 aliphatic heterocycles. The summed E-state index contributed by atoms with van der Waals surface area (Å²) in [5.41, 5.74) is 3.28. The van der Waals surface area contributed by atoms with Crippen molar-refractivity contribution < 1.29 is 9.53 Å². The highest BCUT2D eigenvalue weighted by Gasteiger charge is 2.14. The van der Waals surface area contributed by atoms with Gasteiger partial charge in [-0.2, -0.15) is 0 Å². The van der Waals surface area contributed by atoms with Gasteiger partial charge in [-0.15, -0.1) is 11.3 Å². The third-order valence-electron chi connectivity index (χ3n) is 3.77. The Labute approximate surface area is 161 Å². The van der Waals surface area contributed by atoms with Crippen LogP contribution in [0.15, 0.2) is 36.5 Å². The lowest BCUT2D eigenvalue weighted by molar-refractivity contribution is 0.187. The summed E-state index contributed by atoms with van der Waals surface area (Å²) >= 11 is 1.66. The zero-order chi connectivity index (χ0) is 19.4. The first-order valence-corrected chi connectivity index (χ1v) is 9.30. The third-order valence-corrected chi connectivity index (χ3v) is 5.25. The fourth-order valence-electron chi connectivity index (χ4n) is 2.38. The van der Waals surface area contributed by atoms with Crippen LogP contribution in [0, 0.1) is 6.92 Å². The Morgan fingerprint density at radius 2 is 1.81 bits per heavy atom. The normalized spacial score (nSPS) is 10.7. The summed E-state index contributed by atoms with van der Waals surface area (Å²) in [4.78, 5) is 25.8. The van der Waals surface area contributed by atoms with Gasteiger partial charge in [0, 0.05) is 23.5 Å². The Morgan fingerprint density at radius 3 is 2.44 bits per heavy atom. The van der Waals surface area contributed by atoms with Crippen LogP contribution in [0.25, 0.3) is 10.6 Å². The first-order valence-electron chi connectivity index (χ1n) is 8.49. The number of aryl methyl sites for hydroxylation is 1. The summed E-state index contributed by atoms with van der Waals surface area (Å²) in [6.07, 6.45) is 1.22. The topological polar surface area (TPSA) is 89.0 Å². The van der Waals surface area contributed by atoms with E-state index in [2.05, 4.69) is 44.2 Å². The van der Waals surface area contributed by atoms with E-state index in [-0.39, 0.29) is 0 Å². The van der Waals surface area contributed by atoms with E-state index < -0.39 is 6.09 Å². The number of hydrogen-bond donors (Lipinski definition) is 2. The average Bonchev–Trinajstić information content (AvgIpc) is 3.05. The maximum atomic E-state index is 11.2. The van der Waals surface area contributed by atoms with Crippen LogP contribution in [0.5, 0.6) is 0 Å². The van der Waals surface area contributed by atoms with Crippen molar-refractivity contribution in [3.8, 4) is 10.6 Å². The standard InChI is InChI=1S/C19H21N5O2S/c1-11(2)17-21-12(3)16(27-17)15-9-10-20-18(24-15)22-13-5-7-14(8-6-13)23-19(25)26-4/h5-11H,1-4H3,(H,23,25)(H,20,22,24). The average molecular weight is 383 g/mol. The first-order chi connectivity index (χ1) is 13.0. The molecule has 1 aromatic carbocycles. The number of hydrogen-bond acceptors (Lipinski definition) is 7. The van der Waals surface area contributed by atoms with Gasteiger partial charge in [0.25, 0.3) is 0 Å². The first kappa shape index (κ1) is 18.8. The minimum Gasteiger partial charge on any atom is -0.453 e. The van der Waals surface area contributed by atoms with Gasteiger partial charge < -0.3 is 10.1 Å². The fraction of sp³-hybridized carbons (Fsp3) is 0.263. The van der Waals surface area contributed by atoms with Crippen LogP contribution in [0.2, 0.25) is 0 Å². The predicted molar refractivity (Wildman–Crippen MR) is 108 cm³/mol. The minimum atomic E-state index is -0.507. The maximum Gasteiger partial charge on any atom is 0.411 e. The molecule has 0 bridgehead atoms. The molecule has 0 aliphatic rings. The lowest BCUT2D eigenvalue weighted by Crippen LogP contribution is -2.10. The molecule has 0 aliphatic carbocycles. The zero-order valence-corrected chi connectivity index (χ0v) is 16.4. The Morgan fingerprint density at radius 1 is 1.11 bits per heavy atom. The highest BCUT2D eigenvalue weighted by atomic mass is 32.1. The van der Waals surface area contributed by atoms with Crippen LogP contribution in [0.3, 0.4) is 0 Å². The van der Waals surface area contributed by atoms with E-state index in [0.29, 0.717) is 17.6 Å².